The molecular formula is C19H23N5O2. The minimum Gasteiger partial charge on any atom is -0.367 e. The maximum atomic E-state index is 13.1. The molecule has 2 aliphatic heterocycles. The van der Waals surface area contributed by atoms with Gasteiger partial charge in [0.2, 0.25) is 5.91 Å². The first-order valence-electron chi connectivity index (χ1n) is 8.97. The van der Waals surface area contributed by atoms with E-state index >= 15 is 0 Å². The molecule has 0 unspecified atom stereocenters. The molecule has 0 aliphatic carbocycles. The number of nitrogens with one attached hydrogen (secondary N) is 1. The highest BCUT2D eigenvalue weighted by Crippen LogP contribution is 2.24. The molecule has 4 rings (SSSR count). The van der Waals surface area contributed by atoms with Crippen LogP contribution in [0.5, 0.6) is 0 Å². The van der Waals surface area contributed by atoms with E-state index in [-0.39, 0.29) is 17.5 Å². The molecular weight excluding hydrogens is 330 g/mol. The summed E-state index contributed by atoms with van der Waals surface area (Å²) in [6, 6.07) is 9.81. The smallest absolute Gasteiger partial charge is 0.266 e. The van der Waals surface area contributed by atoms with Crippen molar-refractivity contribution in [3.63, 3.8) is 0 Å². The van der Waals surface area contributed by atoms with E-state index in [1.54, 1.807) is 12.3 Å². The normalized spacial score (nSPS) is 20.7. The number of piperazine rings is 1. The second-order valence-corrected chi connectivity index (χ2v) is 7.02. The zero-order valence-electron chi connectivity index (χ0n) is 14.9. The quantitative estimate of drug-likeness (QED) is 0.850. The number of rotatable bonds is 2. The van der Waals surface area contributed by atoms with Crippen LogP contribution in [0.1, 0.15) is 11.1 Å². The minimum atomic E-state index is -0.205. The molecule has 1 fully saturated rings. The molecule has 0 bridgehead atoms. The maximum Gasteiger partial charge on any atom is 0.266 e. The van der Waals surface area contributed by atoms with Crippen molar-refractivity contribution in [3.05, 3.63) is 58.0 Å². The fraction of sp³-hybridized carbons (Fsp3) is 0.421. The molecule has 1 saturated heterocycles. The highest BCUT2D eigenvalue weighted by atomic mass is 16.2. The summed E-state index contributed by atoms with van der Waals surface area (Å²) in [6.07, 6.45) is 2.43. The Labute approximate surface area is 152 Å². The third-order valence-corrected chi connectivity index (χ3v) is 5.38. The van der Waals surface area contributed by atoms with Crippen LogP contribution in [0.25, 0.3) is 0 Å². The first kappa shape index (κ1) is 16.8. The van der Waals surface area contributed by atoms with Crippen LogP contribution in [0, 0.1) is 0 Å². The highest BCUT2D eigenvalue weighted by molar-refractivity contribution is 5.83. The monoisotopic (exact) mass is 353 g/mol. The summed E-state index contributed by atoms with van der Waals surface area (Å²) in [4.78, 5) is 30.7. The number of carbonyl (C=O) groups is 1. The van der Waals surface area contributed by atoms with Gasteiger partial charge in [0, 0.05) is 38.8 Å². The number of amides is 1. The molecule has 7 heteroatoms. The van der Waals surface area contributed by atoms with Crippen molar-refractivity contribution in [3.8, 4) is 0 Å². The van der Waals surface area contributed by atoms with Crippen LogP contribution in [0.2, 0.25) is 0 Å². The van der Waals surface area contributed by atoms with Gasteiger partial charge in [-0.3, -0.25) is 14.5 Å². The van der Waals surface area contributed by atoms with Gasteiger partial charge in [-0.2, -0.15) is 5.10 Å². The fourth-order valence-electron chi connectivity index (χ4n) is 3.86. The minimum absolute atomic E-state index is 0.0994. The molecule has 1 amide bonds. The van der Waals surface area contributed by atoms with Crippen LogP contribution in [0.15, 0.2) is 41.3 Å². The number of nitrogens with zero attached hydrogens (tertiary/aromatic N) is 4. The van der Waals surface area contributed by atoms with Crippen LogP contribution in [0.3, 0.4) is 0 Å². The number of fused-ring (bicyclic) bond motifs is 1. The van der Waals surface area contributed by atoms with Gasteiger partial charge in [0.25, 0.3) is 5.56 Å². The number of likely N-dealkylation sites (N-methyl/N-ethyl adjacent to an activating group) is 1. The SMILES string of the molecule is CN1Cc2ccccc2C[C@@H]1C(=O)N1CCN(c2cn[nH]c(=O)c2)CC1. The van der Waals surface area contributed by atoms with Gasteiger partial charge in [-0.05, 0) is 24.6 Å². The van der Waals surface area contributed by atoms with E-state index in [2.05, 4.69) is 38.2 Å². The summed E-state index contributed by atoms with van der Waals surface area (Å²) in [5, 5.41) is 6.24. The molecule has 1 aromatic heterocycles. The maximum absolute atomic E-state index is 13.1. The van der Waals surface area contributed by atoms with Gasteiger partial charge in [-0.1, -0.05) is 24.3 Å². The Bertz CT molecular complexity index is 857. The van der Waals surface area contributed by atoms with Crippen LogP contribution >= 0.6 is 0 Å². The Morgan fingerprint density at radius 2 is 1.88 bits per heavy atom. The lowest BCUT2D eigenvalue weighted by atomic mass is 9.93. The summed E-state index contributed by atoms with van der Waals surface area (Å²) in [5.74, 6) is 0.200. The van der Waals surface area contributed by atoms with E-state index in [0.717, 1.165) is 18.7 Å². The lowest BCUT2D eigenvalue weighted by molar-refractivity contribution is -0.137. The average Bonchev–Trinajstić information content (AvgIpc) is 2.67. The topological polar surface area (TPSA) is 72.5 Å². The number of H-pyrrole nitrogens is 1. The zero-order chi connectivity index (χ0) is 18.1. The standard InChI is InChI=1S/C19H23N5O2/c1-22-13-15-5-3-2-4-14(15)10-17(22)19(26)24-8-6-23(7-9-24)16-11-18(25)21-20-12-16/h2-5,11-12,17H,6-10,13H2,1H3,(H,21,25)/t17-/m1/s1. The third-order valence-electron chi connectivity index (χ3n) is 5.38. The van der Waals surface area contributed by atoms with Gasteiger partial charge in [0.15, 0.2) is 0 Å². The van der Waals surface area contributed by atoms with Crippen LogP contribution in [0.4, 0.5) is 5.69 Å². The van der Waals surface area contributed by atoms with E-state index in [1.165, 1.54) is 11.1 Å². The van der Waals surface area contributed by atoms with Crippen LogP contribution < -0.4 is 10.5 Å². The van der Waals surface area contributed by atoms with Gasteiger partial charge in [0.05, 0.1) is 17.9 Å². The summed E-state index contributed by atoms with van der Waals surface area (Å²) in [5.41, 5.74) is 3.19. The Morgan fingerprint density at radius 3 is 2.62 bits per heavy atom. The van der Waals surface area contributed by atoms with Crippen molar-refractivity contribution in [1.29, 1.82) is 0 Å². The number of hydrogen-bond acceptors (Lipinski definition) is 5. The van der Waals surface area contributed by atoms with E-state index in [4.69, 9.17) is 0 Å². The van der Waals surface area contributed by atoms with Crippen molar-refractivity contribution in [2.24, 2.45) is 0 Å². The Kier molecular flexibility index (Phi) is 4.46. The zero-order valence-corrected chi connectivity index (χ0v) is 14.9. The number of benzene rings is 1. The molecule has 1 aromatic carbocycles. The second-order valence-electron chi connectivity index (χ2n) is 7.02. The van der Waals surface area contributed by atoms with Gasteiger partial charge in [-0.25, -0.2) is 5.10 Å². The van der Waals surface area contributed by atoms with Crippen molar-refractivity contribution < 1.29 is 4.79 Å². The molecule has 7 nitrogen and oxygen atoms in total. The summed E-state index contributed by atoms with van der Waals surface area (Å²) in [6.45, 7) is 3.56. The molecule has 1 N–H and O–H groups in total. The number of aromatic nitrogens is 2. The summed E-state index contributed by atoms with van der Waals surface area (Å²) < 4.78 is 0. The second kappa shape index (κ2) is 6.92. The molecule has 1 atom stereocenters. The van der Waals surface area contributed by atoms with Crippen molar-refractivity contribution in [2.45, 2.75) is 19.0 Å². The molecule has 3 heterocycles. The molecule has 0 radical (unpaired) electrons. The van der Waals surface area contributed by atoms with Crippen LogP contribution in [-0.2, 0) is 17.8 Å². The first-order chi connectivity index (χ1) is 12.6. The average molecular weight is 353 g/mol. The number of carbonyl (C=O) groups excluding carboxylic acids is 1. The molecule has 26 heavy (non-hydrogen) atoms. The molecule has 0 spiro atoms. The van der Waals surface area contributed by atoms with E-state index in [0.29, 0.717) is 26.2 Å². The number of aromatic amines is 1. The lowest BCUT2D eigenvalue weighted by Gasteiger charge is -2.40. The van der Waals surface area contributed by atoms with E-state index in [1.807, 2.05) is 18.0 Å². The highest BCUT2D eigenvalue weighted by Gasteiger charge is 2.33. The summed E-state index contributed by atoms with van der Waals surface area (Å²) in [7, 11) is 2.02. The molecule has 2 aliphatic rings. The molecule has 136 valence electrons. The van der Waals surface area contributed by atoms with Crippen LogP contribution in [-0.4, -0.2) is 65.2 Å². The Morgan fingerprint density at radius 1 is 1.15 bits per heavy atom. The third kappa shape index (κ3) is 3.22. The summed E-state index contributed by atoms with van der Waals surface area (Å²) >= 11 is 0. The fourth-order valence-corrected chi connectivity index (χ4v) is 3.86. The van der Waals surface area contributed by atoms with Crippen molar-refractivity contribution in [2.75, 3.05) is 38.1 Å². The predicted molar refractivity (Wildman–Crippen MR) is 99.1 cm³/mol. The van der Waals surface area contributed by atoms with Gasteiger partial charge in [0.1, 0.15) is 0 Å². The van der Waals surface area contributed by atoms with E-state index < -0.39 is 0 Å². The molecule has 0 saturated carbocycles. The van der Waals surface area contributed by atoms with Crippen molar-refractivity contribution in [1.82, 2.24) is 20.0 Å². The number of hydrogen-bond donors (Lipinski definition) is 1. The van der Waals surface area contributed by atoms with Gasteiger partial charge < -0.3 is 9.80 Å². The van der Waals surface area contributed by atoms with Gasteiger partial charge in [-0.15, -0.1) is 0 Å². The largest absolute Gasteiger partial charge is 0.367 e. The predicted octanol–water partition coefficient (Wildman–Crippen LogP) is 0.475. The lowest BCUT2D eigenvalue weighted by Crippen LogP contribution is -2.55. The Balaban J connectivity index is 1.41. The molecule has 2 aromatic rings. The van der Waals surface area contributed by atoms with E-state index in [9.17, 15) is 9.59 Å². The number of anilines is 1. The van der Waals surface area contributed by atoms with Crippen molar-refractivity contribution >= 4 is 11.6 Å². The Hall–Kier alpha value is -2.67. The van der Waals surface area contributed by atoms with Gasteiger partial charge >= 0.3 is 0 Å². The first-order valence-corrected chi connectivity index (χ1v) is 8.97.